The van der Waals surface area contributed by atoms with E-state index in [-0.39, 0.29) is 30.9 Å². The van der Waals surface area contributed by atoms with E-state index in [4.69, 9.17) is 15.6 Å². The molecule has 0 bridgehead atoms. The second kappa shape index (κ2) is 19.3. The van der Waals surface area contributed by atoms with Crippen LogP contribution in [0.1, 0.15) is 45.2 Å². The van der Waals surface area contributed by atoms with E-state index >= 15 is 0 Å². The van der Waals surface area contributed by atoms with Gasteiger partial charge in [0, 0.05) is 13.3 Å². The second-order valence-corrected chi connectivity index (χ2v) is 10.8. The summed E-state index contributed by atoms with van der Waals surface area (Å²) >= 11 is 0. The van der Waals surface area contributed by atoms with Gasteiger partial charge in [0.05, 0.1) is 12.6 Å². The molecule has 0 aliphatic heterocycles. The highest BCUT2D eigenvalue weighted by atomic mass is 16.4. The lowest BCUT2D eigenvalue weighted by molar-refractivity contribution is -0.142. The molecule has 0 saturated heterocycles. The Morgan fingerprint density at radius 3 is 1.82 bits per heavy atom. The van der Waals surface area contributed by atoms with Crippen LogP contribution in [0.4, 0.5) is 0 Å². The number of phenolic OH excluding ortho intramolecular Hbond substituents is 1. The highest BCUT2D eigenvalue weighted by Gasteiger charge is 2.28. The van der Waals surface area contributed by atoms with E-state index in [1.54, 1.807) is 42.5 Å². The molecule has 2 aromatic carbocycles. The molecule has 0 spiro atoms. The molecule has 246 valence electrons. The van der Waals surface area contributed by atoms with Crippen LogP contribution in [0.5, 0.6) is 5.75 Å². The topological polar surface area (TPSA) is 237 Å². The van der Waals surface area contributed by atoms with Crippen LogP contribution in [0.2, 0.25) is 0 Å². The molecule has 0 aromatic heterocycles. The van der Waals surface area contributed by atoms with Crippen LogP contribution in [-0.2, 0) is 41.6 Å². The minimum absolute atomic E-state index is 0.0126. The summed E-state index contributed by atoms with van der Waals surface area (Å²) in [6.07, 6.45) is 0.505. The fourth-order valence-corrected chi connectivity index (χ4v) is 3.95. The molecule has 0 saturated carbocycles. The Kier molecular flexibility index (Phi) is 16.3. The van der Waals surface area contributed by atoms with E-state index in [1.807, 2.05) is 13.8 Å². The summed E-state index contributed by atoms with van der Waals surface area (Å²) in [5, 5.41) is 36.3. The number of carbonyl (C=O) groups excluding carboxylic acids is 4. The predicted octanol–water partition coefficient (Wildman–Crippen LogP) is 0.317. The van der Waals surface area contributed by atoms with Crippen molar-refractivity contribution in [1.82, 2.24) is 21.3 Å². The van der Waals surface area contributed by atoms with Crippen molar-refractivity contribution >= 4 is 35.6 Å². The molecule has 0 aliphatic rings. The number of hydrogen-bond donors (Lipinski definition) is 8. The highest BCUT2D eigenvalue weighted by molar-refractivity contribution is 5.94. The first-order chi connectivity index (χ1) is 21.1. The minimum Gasteiger partial charge on any atom is -0.508 e. The summed E-state index contributed by atoms with van der Waals surface area (Å²) in [5.41, 5.74) is 7.41. The first kappa shape index (κ1) is 38.0. The maximum absolute atomic E-state index is 13.0. The third kappa shape index (κ3) is 15.9. The van der Waals surface area contributed by atoms with Gasteiger partial charge in [-0.3, -0.25) is 24.0 Å². The van der Waals surface area contributed by atoms with E-state index in [2.05, 4.69) is 21.3 Å². The first-order valence-electron chi connectivity index (χ1n) is 14.3. The summed E-state index contributed by atoms with van der Waals surface area (Å²) < 4.78 is 0. The van der Waals surface area contributed by atoms with Gasteiger partial charge in [-0.15, -0.1) is 0 Å². The van der Waals surface area contributed by atoms with Gasteiger partial charge >= 0.3 is 5.97 Å². The molecule has 2 rings (SSSR count). The Morgan fingerprint density at radius 2 is 1.29 bits per heavy atom. The smallest absolute Gasteiger partial charge is 0.326 e. The highest BCUT2D eigenvalue weighted by Crippen LogP contribution is 2.11. The lowest BCUT2D eigenvalue weighted by atomic mass is 10.0. The largest absolute Gasteiger partial charge is 0.508 e. The van der Waals surface area contributed by atoms with E-state index < -0.39 is 66.3 Å². The van der Waals surface area contributed by atoms with Crippen LogP contribution in [0.15, 0.2) is 54.6 Å². The maximum Gasteiger partial charge on any atom is 0.326 e. The van der Waals surface area contributed by atoms with Crippen LogP contribution in [0.3, 0.4) is 0 Å². The van der Waals surface area contributed by atoms with Gasteiger partial charge in [0.2, 0.25) is 23.6 Å². The number of carboxylic acids is 2. The Hall–Kier alpha value is -4.98. The Morgan fingerprint density at radius 1 is 0.733 bits per heavy atom. The van der Waals surface area contributed by atoms with E-state index in [9.17, 15) is 34.2 Å². The van der Waals surface area contributed by atoms with Crippen molar-refractivity contribution in [2.24, 2.45) is 11.7 Å². The van der Waals surface area contributed by atoms with E-state index in [0.29, 0.717) is 0 Å². The number of carboxylic acid groups (broad SMARTS) is 2. The van der Waals surface area contributed by atoms with Crippen LogP contribution >= 0.6 is 0 Å². The molecule has 0 unspecified atom stereocenters. The van der Waals surface area contributed by atoms with Crippen LogP contribution in [0.25, 0.3) is 0 Å². The summed E-state index contributed by atoms with van der Waals surface area (Å²) in [7, 11) is 0. The average molecular weight is 630 g/mol. The van der Waals surface area contributed by atoms with Gasteiger partial charge in [-0.1, -0.05) is 56.3 Å². The Balaban J connectivity index is 0.00000238. The molecular weight excluding hydrogens is 586 g/mol. The molecule has 0 heterocycles. The molecule has 4 atom stereocenters. The van der Waals surface area contributed by atoms with Crippen molar-refractivity contribution in [2.75, 3.05) is 6.54 Å². The third-order valence-electron chi connectivity index (χ3n) is 6.16. The minimum atomic E-state index is -1.18. The zero-order valence-electron chi connectivity index (χ0n) is 25.8. The number of nitrogens with two attached hydrogens (primary N) is 1. The molecule has 2 aromatic rings. The molecule has 0 fully saturated rings. The fraction of sp³-hybridized carbons (Fsp3) is 0.419. The van der Waals surface area contributed by atoms with Gasteiger partial charge < -0.3 is 42.3 Å². The molecule has 0 radical (unpaired) electrons. The molecule has 0 aliphatic carbocycles. The van der Waals surface area contributed by atoms with Crippen molar-refractivity contribution in [2.45, 2.75) is 71.1 Å². The summed E-state index contributed by atoms with van der Waals surface area (Å²) in [6, 6.07) is 11.0. The number of aliphatic carboxylic acids is 2. The number of aromatic hydroxyl groups is 1. The van der Waals surface area contributed by atoms with E-state index in [1.165, 1.54) is 19.1 Å². The Labute approximate surface area is 261 Å². The lowest BCUT2D eigenvalue weighted by Crippen LogP contribution is -2.55. The Bertz CT molecular complexity index is 1280. The van der Waals surface area contributed by atoms with Gasteiger partial charge in [-0.2, -0.15) is 0 Å². The van der Waals surface area contributed by atoms with Gasteiger partial charge in [0.15, 0.2) is 0 Å². The molecule has 14 heteroatoms. The quantitative estimate of drug-likeness (QED) is 0.134. The monoisotopic (exact) mass is 629 g/mol. The standard InChI is InChI=1S/C29H39N5O7.C2H4O2/c1-17(2)13-24(29(40)41)34-28(39)23(15-19-7-5-4-6-8-19)33-25(36)16-31-26(37)18(3)32-27(38)22(30)14-20-9-11-21(35)12-10-20;1-2(3)4/h4-12,17-18,22-24,35H,13-16,30H2,1-3H3,(H,31,37)(H,32,38)(H,33,36)(H,34,39)(H,40,41);1H3,(H,3,4)/t18-,22+,23+,24+;/m1./s1. The average Bonchev–Trinajstić information content (AvgIpc) is 2.96. The van der Waals surface area contributed by atoms with Gasteiger partial charge in [0.25, 0.3) is 5.97 Å². The molecular formula is C31H43N5O9. The van der Waals surface area contributed by atoms with Gasteiger partial charge in [0.1, 0.15) is 23.9 Å². The maximum atomic E-state index is 13.0. The number of rotatable bonds is 15. The lowest BCUT2D eigenvalue weighted by Gasteiger charge is -2.23. The first-order valence-corrected chi connectivity index (χ1v) is 14.3. The van der Waals surface area contributed by atoms with Crippen LogP contribution in [-0.4, -0.2) is 81.6 Å². The molecule has 14 nitrogen and oxygen atoms in total. The number of hydrogen-bond acceptors (Lipinski definition) is 8. The number of carbonyl (C=O) groups is 6. The van der Waals surface area contributed by atoms with E-state index in [0.717, 1.165) is 18.1 Å². The predicted molar refractivity (Wildman–Crippen MR) is 165 cm³/mol. The number of nitrogens with one attached hydrogen (secondary N) is 4. The zero-order chi connectivity index (χ0) is 34.1. The second-order valence-electron chi connectivity index (χ2n) is 10.8. The third-order valence-corrected chi connectivity index (χ3v) is 6.16. The van der Waals surface area contributed by atoms with Crippen molar-refractivity contribution in [3.63, 3.8) is 0 Å². The number of phenols is 1. The summed E-state index contributed by atoms with van der Waals surface area (Å²) in [5.74, 6) is -4.46. The molecule has 45 heavy (non-hydrogen) atoms. The number of amides is 4. The summed E-state index contributed by atoms with van der Waals surface area (Å²) in [4.78, 5) is 71.3. The van der Waals surface area contributed by atoms with Gasteiger partial charge in [-0.05, 0) is 48.9 Å². The van der Waals surface area contributed by atoms with Gasteiger partial charge in [-0.25, -0.2) is 4.79 Å². The van der Waals surface area contributed by atoms with Crippen LogP contribution < -0.4 is 27.0 Å². The summed E-state index contributed by atoms with van der Waals surface area (Å²) in [6.45, 7) is 5.71. The molecule has 9 N–H and O–H groups in total. The fourth-order valence-electron chi connectivity index (χ4n) is 3.95. The van der Waals surface area contributed by atoms with Crippen molar-refractivity contribution in [3.05, 3.63) is 65.7 Å². The number of benzene rings is 2. The molecule has 4 amide bonds. The van der Waals surface area contributed by atoms with Crippen molar-refractivity contribution in [1.29, 1.82) is 0 Å². The zero-order valence-corrected chi connectivity index (χ0v) is 25.8. The normalized spacial score (nSPS) is 13.1. The SMILES string of the molecule is CC(=O)O.CC(C)C[C@H](NC(=O)[C@H](Cc1ccccc1)NC(=O)CNC(=O)[C@@H](C)NC(=O)[C@@H](N)Cc1ccc(O)cc1)C(=O)O. The van der Waals surface area contributed by atoms with Crippen molar-refractivity contribution < 1.29 is 44.1 Å². The van der Waals surface area contributed by atoms with Crippen molar-refractivity contribution in [3.8, 4) is 5.75 Å². The van der Waals surface area contributed by atoms with Crippen LogP contribution in [0, 0.1) is 5.92 Å².